The molecule has 5 nitrogen and oxygen atoms in total. The van der Waals surface area contributed by atoms with Gasteiger partial charge >= 0.3 is 5.97 Å². The van der Waals surface area contributed by atoms with Gasteiger partial charge in [0.1, 0.15) is 5.76 Å². The summed E-state index contributed by atoms with van der Waals surface area (Å²) in [7, 11) is 1.21. The number of carbonyl (C=O) groups excluding carboxylic acids is 1. The molecule has 17 heavy (non-hydrogen) atoms. The SMILES string of the molecule is COC(=O)/C(N=Nc1ccccc1Br)=C(\C)O. The first-order valence-corrected chi connectivity index (χ1v) is 5.50. The fraction of sp³-hybridized carbons (Fsp3) is 0.182. The smallest absolute Gasteiger partial charge is 0.362 e. The minimum absolute atomic E-state index is 0.219. The average molecular weight is 299 g/mol. The summed E-state index contributed by atoms with van der Waals surface area (Å²) in [6, 6.07) is 7.13. The van der Waals surface area contributed by atoms with Gasteiger partial charge < -0.3 is 9.84 Å². The summed E-state index contributed by atoms with van der Waals surface area (Å²) >= 11 is 3.29. The van der Waals surface area contributed by atoms with Crippen molar-refractivity contribution >= 4 is 27.6 Å². The monoisotopic (exact) mass is 298 g/mol. The number of rotatable bonds is 3. The molecule has 1 N–H and O–H groups in total. The number of esters is 1. The Bertz CT molecular complexity index is 479. The zero-order chi connectivity index (χ0) is 12.8. The van der Waals surface area contributed by atoms with Gasteiger partial charge in [0.05, 0.1) is 12.8 Å². The highest BCUT2D eigenvalue weighted by Gasteiger charge is 2.12. The Morgan fingerprint density at radius 1 is 1.41 bits per heavy atom. The van der Waals surface area contributed by atoms with Crippen molar-refractivity contribution in [3.63, 3.8) is 0 Å². The Labute approximate surface area is 107 Å². The van der Waals surface area contributed by atoms with Crippen molar-refractivity contribution in [1.29, 1.82) is 0 Å². The van der Waals surface area contributed by atoms with Crippen LogP contribution in [-0.4, -0.2) is 18.2 Å². The molecule has 0 spiro atoms. The number of methoxy groups -OCH3 is 1. The number of hydrogen-bond acceptors (Lipinski definition) is 5. The fourth-order valence-electron chi connectivity index (χ4n) is 0.994. The van der Waals surface area contributed by atoms with Crippen LogP contribution in [0, 0.1) is 0 Å². The van der Waals surface area contributed by atoms with Gasteiger partial charge in [0.25, 0.3) is 0 Å². The molecule has 0 bridgehead atoms. The van der Waals surface area contributed by atoms with E-state index in [4.69, 9.17) is 0 Å². The van der Waals surface area contributed by atoms with Crippen LogP contribution in [0.15, 0.2) is 50.4 Å². The first-order valence-electron chi connectivity index (χ1n) is 4.70. The maximum atomic E-state index is 11.3. The number of hydrogen-bond donors (Lipinski definition) is 1. The Hall–Kier alpha value is -1.69. The number of allylic oxidation sites excluding steroid dienone is 1. The van der Waals surface area contributed by atoms with Crippen molar-refractivity contribution in [1.82, 2.24) is 0 Å². The van der Waals surface area contributed by atoms with Crippen molar-refractivity contribution < 1.29 is 14.6 Å². The third-order valence-corrected chi connectivity index (χ3v) is 2.50. The highest BCUT2D eigenvalue weighted by molar-refractivity contribution is 9.10. The number of aliphatic hydroxyl groups excluding tert-OH is 1. The van der Waals surface area contributed by atoms with Gasteiger partial charge in [0, 0.05) is 4.47 Å². The molecule has 1 aromatic rings. The molecule has 0 aliphatic carbocycles. The molecule has 0 aliphatic rings. The summed E-state index contributed by atoms with van der Waals surface area (Å²) in [5, 5.41) is 16.8. The minimum Gasteiger partial charge on any atom is -0.510 e. The normalized spacial score (nSPS) is 12.4. The predicted octanol–water partition coefficient (Wildman–Crippen LogP) is 3.50. The third-order valence-electron chi connectivity index (χ3n) is 1.83. The van der Waals surface area contributed by atoms with Crippen molar-refractivity contribution in [2.45, 2.75) is 6.92 Å². The van der Waals surface area contributed by atoms with Gasteiger partial charge in [-0.1, -0.05) is 12.1 Å². The standard InChI is InChI=1S/C11H11BrN2O3/c1-7(15)10(11(16)17-2)14-13-9-6-4-3-5-8(9)12/h3-6,15H,1-2H3/b10-7-,14-13?. The number of carbonyl (C=O) groups is 1. The zero-order valence-corrected chi connectivity index (χ0v) is 10.9. The van der Waals surface area contributed by atoms with E-state index in [0.29, 0.717) is 5.69 Å². The Morgan fingerprint density at radius 3 is 2.59 bits per heavy atom. The Balaban J connectivity index is 3.01. The van der Waals surface area contributed by atoms with E-state index in [0.717, 1.165) is 4.47 Å². The van der Waals surface area contributed by atoms with E-state index in [1.165, 1.54) is 14.0 Å². The largest absolute Gasteiger partial charge is 0.510 e. The second-order valence-electron chi connectivity index (χ2n) is 3.08. The highest BCUT2D eigenvalue weighted by Crippen LogP contribution is 2.25. The molecule has 0 unspecified atom stereocenters. The second-order valence-corrected chi connectivity index (χ2v) is 3.93. The van der Waals surface area contributed by atoms with E-state index in [1.807, 2.05) is 6.07 Å². The minimum atomic E-state index is -0.735. The number of ether oxygens (including phenoxy) is 1. The van der Waals surface area contributed by atoms with Crippen LogP contribution in [0.25, 0.3) is 0 Å². The molecular formula is C11H11BrN2O3. The molecule has 0 fully saturated rings. The summed E-state index contributed by atoms with van der Waals surface area (Å²) in [5.41, 5.74) is 0.332. The molecule has 0 saturated heterocycles. The molecule has 6 heteroatoms. The van der Waals surface area contributed by atoms with E-state index < -0.39 is 5.97 Å². The van der Waals surface area contributed by atoms with E-state index in [2.05, 4.69) is 30.9 Å². The number of nitrogens with zero attached hydrogens (tertiary/aromatic N) is 2. The quantitative estimate of drug-likeness (QED) is 0.402. The summed E-state index contributed by atoms with van der Waals surface area (Å²) in [6.07, 6.45) is 0. The fourth-order valence-corrected chi connectivity index (χ4v) is 1.36. The van der Waals surface area contributed by atoms with Gasteiger partial charge in [-0.25, -0.2) is 4.79 Å². The maximum absolute atomic E-state index is 11.3. The number of halogens is 1. The molecular weight excluding hydrogens is 288 g/mol. The average Bonchev–Trinajstić information content (AvgIpc) is 2.30. The first kappa shape index (κ1) is 13.4. The van der Waals surface area contributed by atoms with Crippen LogP contribution in [0.2, 0.25) is 0 Å². The topological polar surface area (TPSA) is 71.2 Å². The van der Waals surface area contributed by atoms with E-state index >= 15 is 0 Å². The van der Waals surface area contributed by atoms with Gasteiger partial charge in [0.15, 0.2) is 0 Å². The maximum Gasteiger partial charge on any atom is 0.362 e. The highest BCUT2D eigenvalue weighted by atomic mass is 79.9. The number of azo groups is 1. The van der Waals surface area contributed by atoms with E-state index in [1.54, 1.807) is 18.2 Å². The molecule has 90 valence electrons. The molecule has 1 aromatic carbocycles. The second kappa shape index (κ2) is 6.15. The summed E-state index contributed by atoms with van der Waals surface area (Å²) in [6.45, 7) is 1.34. The van der Waals surface area contributed by atoms with Crippen LogP contribution < -0.4 is 0 Å². The van der Waals surface area contributed by atoms with Crippen molar-refractivity contribution in [3.8, 4) is 0 Å². The summed E-state index contributed by atoms with van der Waals surface area (Å²) in [5.74, 6) is -0.978. The van der Waals surface area contributed by atoms with Crippen LogP contribution in [0.1, 0.15) is 6.92 Å². The number of benzene rings is 1. The summed E-state index contributed by atoms with van der Waals surface area (Å²) in [4.78, 5) is 11.3. The third kappa shape index (κ3) is 3.67. The Kier molecular flexibility index (Phi) is 4.84. The lowest BCUT2D eigenvalue weighted by molar-refractivity contribution is -0.136. The van der Waals surface area contributed by atoms with Crippen LogP contribution in [0.5, 0.6) is 0 Å². The molecule has 0 amide bonds. The molecule has 0 heterocycles. The van der Waals surface area contributed by atoms with Crippen LogP contribution in [0.4, 0.5) is 5.69 Å². The van der Waals surface area contributed by atoms with Crippen LogP contribution in [0.3, 0.4) is 0 Å². The van der Waals surface area contributed by atoms with Gasteiger partial charge in [-0.2, -0.15) is 0 Å². The van der Waals surface area contributed by atoms with Gasteiger partial charge in [-0.15, -0.1) is 10.2 Å². The van der Waals surface area contributed by atoms with E-state index in [-0.39, 0.29) is 11.5 Å². The van der Waals surface area contributed by atoms with Gasteiger partial charge in [-0.05, 0) is 35.0 Å². The van der Waals surface area contributed by atoms with Crippen LogP contribution >= 0.6 is 15.9 Å². The van der Waals surface area contributed by atoms with Gasteiger partial charge in [-0.3, -0.25) is 0 Å². The molecule has 0 radical (unpaired) electrons. The summed E-state index contributed by atoms with van der Waals surface area (Å²) < 4.78 is 5.21. The molecule has 0 atom stereocenters. The predicted molar refractivity (Wildman–Crippen MR) is 66.0 cm³/mol. The van der Waals surface area contributed by atoms with Crippen LogP contribution in [-0.2, 0) is 9.53 Å². The van der Waals surface area contributed by atoms with Crippen molar-refractivity contribution in [2.75, 3.05) is 7.11 Å². The van der Waals surface area contributed by atoms with Gasteiger partial charge in [0.2, 0.25) is 5.70 Å². The Morgan fingerprint density at radius 2 is 2.06 bits per heavy atom. The lowest BCUT2D eigenvalue weighted by Gasteiger charge is -2.00. The lowest BCUT2D eigenvalue weighted by Crippen LogP contribution is -2.04. The van der Waals surface area contributed by atoms with E-state index in [9.17, 15) is 9.90 Å². The molecule has 0 saturated carbocycles. The number of aliphatic hydroxyl groups is 1. The van der Waals surface area contributed by atoms with Crippen molar-refractivity contribution in [2.24, 2.45) is 10.2 Å². The first-order chi connectivity index (χ1) is 8.06. The van der Waals surface area contributed by atoms with Crippen molar-refractivity contribution in [3.05, 3.63) is 40.2 Å². The zero-order valence-electron chi connectivity index (χ0n) is 9.35. The lowest BCUT2D eigenvalue weighted by atomic mass is 10.3. The molecule has 0 aromatic heterocycles. The molecule has 0 aliphatic heterocycles. The molecule has 1 rings (SSSR count).